The molecule has 0 unspecified atom stereocenters. The molecule has 0 atom stereocenters. The average molecular weight is 819 g/mol. The van der Waals surface area contributed by atoms with Gasteiger partial charge in [0.2, 0.25) is 5.95 Å². The van der Waals surface area contributed by atoms with Gasteiger partial charge < -0.3 is 13.6 Å². The number of rotatable bonds is 5. The van der Waals surface area contributed by atoms with E-state index in [1.807, 2.05) is 48.5 Å². The molecule has 0 saturated heterocycles. The zero-order chi connectivity index (χ0) is 41.9. The molecule has 0 saturated carbocycles. The average Bonchev–Trinajstić information content (AvgIpc) is 4.10. The fourth-order valence-electron chi connectivity index (χ4n) is 10.2. The Labute approximate surface area is 365 Å². The minimum absolute atomic E-state index is 0.522. The summed E-state index contributed by atoms with van der Waals surface area (Å²) in [6.45, 7) is 0. The van der Waals surface area contributed by atoms with Crippen molar-refractivity contribution >= 4 is 87.4 Å². The highest BCUT2D eigenvalue weighted by atomic mass is 16.3. The maximum Gasteiger partial charge on any atom is 0.238 e. The number of nitrogens with zero attached hydrogens (tertiary/aromatic N) is 6. The Hall–Kier alpha value is -8.81. The Morgan fingerprint density at radius 2 is 0.797 bits per heavy atom. The van der Waals surface area contributed by atoms with Crippen LogP contribution in [0, 0.1) is 0 Å². The summed E-state index contributed by atoms with van der Waals surface area (Å²) < 4.78 is 13.3. The molecule has 0 spiro atoms. The molecular formula is C57H34N6O. The molecule has 0 aliphatic carbocycles. The van der Waals surface area contributed by atoms with E-state index in [1.54, 1.807) is 0 Å². The second kappa shape index (κ2) is 13.3. The second-order valence-corrected chi connectivity index (χ2v) is 16.4. The summed E-state index contributed by atoms with van der Waals surface area (Å²) in [6.07, 6.45) is 0. The van der Waals surface area contributed by atoms with E-state index >= 15 is 0 Å². The SMILES string of the molecule is c1ccc(-c2nc(-c3ccc4oc5ccccc5c4c3)nc(-n3c4cccc(-n5c6ccccc6c6ccccc65)c4c4cccc(-n5c6ccccc6c6ccccc65)c43)n2)cc1. The van der Waals surface area contributed by atoms with Gasteiger partial charge in [0.15, 0.2) is 11.6 Å². The summed E-state index contributed by atoms with van der Waals surface area (Å²) in [5, 5.41) is 9.05. The van der Waals surface area contributed by atoms with Gasteiger partial charge in [0.25, 0.3) is 0 Å². The molecule has 14 rings (SSSR count). The second-order valence-electron chi connectivity index (χ2n) is 16.4. The van der Waals surface area contributed by atoms with E-state index in [2.05, 4.69) is 171 Å². The highest BCUT2D eigenvalue weighted by molar-refractivity contribution is 6.19. The fraction of sp³-hybridized carbons (Fsp3) is 0. The molecule has 0 fully saturated rings. The summed E-state index contributed by atoms with van der Waals surface area (Å²) in [5.41, 5.74) is 12.0. The van der Waals surface area contributed by atoms with Crippen LogP contribution in [0.25, 0.3) is 127 Å². The van der Waals surface area contributed by atoms with Crippen LogP contribution in [0.3, 0.4) is 0 Å². The van der Waals surface area contributed by atoms with Crippen molar-refractivity contribution < 1.29 is 4.42 Å². The van der Waals surface area contributed by atoms with Crippen LogP contribution in [0.1, 0.15) is 0 Å². The van der Waals surface area contributed by atoms with E-state index in [-0.39, 0.29) is 0 Å². The molecule has 0 amide bonds. The lowest BCUT2D eigenvalue weighted by Crippen LogP contribution is -2.08. The normalized spacial score (nSPS) is 12.1. The molecule has 298 valence electrons. The van der Waals surface area contributed by atoms with Gasteiger partial charge in [-0.1, -0.05) is 140 Å². The third kappa shape index (κ3) is 4.94. The standard InChI is InChI=1S/C57H34N6O/c1-2-16-35(17-3-1)55-58-56(36-32-33-52-43(34-36)41-22-8-13-31-51(41)64-52)60-57(59-55)63-49-29-15-28-48(61-44-24-9-4-18-37(44)38-19-5-10-25-45(38)61)53(49)42-23-14-30-50(54(42)63)62-46-26-11-6-20-39(46)40-21-7-12-27-47(40)62/h1-34H. The molecule has 64 heavy (non-hydrogen) atoms. The first kappa shape index (κ1) is 34.9. The van der Waals surface area contributed by atoms with Crippen LogP contribution in [0.5, 0.6) is 0 Å². The van der Waals surface area contributed by atoms with E-state index in [0.717, 1.165) is 88.3 Å². The Kier molecular flexibility index (Phi) is 7.27. The Morgan fingerprint density at radius 3 is 1.45 bits per heavy atom. The Bertz CT molecular complexity index is 4100. The Morgan fingerprint density at radius 1 is 0.312 bits per heavy atom. The topological polar surface area (TPSA) is 66.6 Å². The van der Waals surface area contributed by atoms with Gasteiger partial charge in [-0.05, 0) is 66.7 Å². The third-order valence-corrected chi connectivity index (χ3v) is 12.9. The van der Waals surface area contributed by atoms with Crippen molar-refractivity contribution in [1.29, 1.82) is 0 Å². The van der Waals surface area contributed by atoms with Crippen LogP contribution in [-0.4, -0.2) is 28.7 Å². The summed E-state index contributed by atoms with van der Waals surface area (Å²) in [6, 6.07) is 72.6. The highest BCUT2D eigenvalue weighted by Gasteiger charge is 2.25. The minimum Gasteiger partial charge on any atom is -0.456 e. The van der Waals surface area contributed by atoms with Crippen molar-refractivity contribution in [2.75, 3.05) is 0 Å². The van der Waals surface area contributed by atoms with Crippen LogP contribution >= 0.6 is 0 Å². The van der Waals surface area contributed by atoms with Gasteiger partial charge in [-0.2, -0.15) is 9.97 Å². The van der Waals surface area contributed by atoms with Gasteiger partial charge in [0, 0.05) is 54.2 Å². The molecule has 7 heteroatoms. The number of hydrogen-bond donors (Lipinski definition) is 0. The van der Waals surface area contributed by atoms with Crippen molar-refractivity contribution in [2.45, 2.75) is 0 Å². The molecule has 5 heterocycles. The van der Waals surface area contributed by atoms with Gasteiger partial charge in [-0.25, -0.2) is 4.98 Å². The molecule has 5 aromatic heterocycles. The fourth-order valence-corrected chi connectivity index (χ4v) is 10.2. The largest absolute Gasteiger partial charge is 0.456 e. The van der Waals surface area contributed by atoms with Gasteiger partial charge in [-0.3, -0.25) is 4.57 Å². The number of aromatic nitrogens is 6. The molecule has 0 aliphatic rings. The van der Waals surface area contributed by atoms with Gasteiger partial charge in [0.1, 0.15) is 11.2 Å². The molecule has 14 aromatic rings. The molecule has 9 aromatic carbocycles. The van der Waals surface area contributed by atoms with Crippen molar-refractivity contribution in [3.05, 3.63) is 206 Å². The lowest BCUT2D eigenvalue weighted by Gasteiger charge is -2.14. The van der Waals surface area contributed by atoms with Crippen molar-refractivity contribution in [3.8, 4) is 40.1 Å². The summed E-state index contributed by atoms with van der Waals surface area (Å²) >= 11 is 0. The van der Waals surface area contributed by atoms with E-state index in [1.165, 1.54) is 21.5 Å². The monoisotopic (exact) mass is 818 g/mol. The van der Waals surface area contributed by atoms with Crippen LogP contribution in [-0.2, 0) is 0 Å². The zero-order valence-electron chi connectivity index (χ0n) is 34.2. The lowest BCUT2D eigenvalue weighted by molar-refractivity contribution is 0.669. The smallest absolute Gasteiger partial charge is 0.238 e. The van der Waals surface area contributed by atoms with Gasteiger partial charge in [0.05, 0.1) is 44.5 Å². The Balaban J connectivity index is 1.14. The summed E-state index contributed by atoms with van der Waals surface area (Å²) in [4.78, 5) is 16.1. The number of furan rings is 1. The predicted molar refractivity (Wildman–Crippen MR) is 261 cm³/mol. The molecule has 7 nitrogen and oxygen atoms in total. The highest BCUT2D eigenvalue weighted by Crippen LogP contribution is 2.43. The van der Waals surface area contributed by atoms with Crippen LogP contribution < -0.4 is 0 Å². The van der Waals surface area contributed by atoms with Gasteiger partial charge >= 0.3 is 0 Å². The zero-order valence-corrected chi connectivity index (χ0v) is 34.2. The number of benzene rings is 9. The first-order chi connectivity index (χ1) is 31.8. The number of fused-ring (bicyclic) bond motifs is 12. The molecule has 0 bridgehead atoms. The maximum atomic E-state index is 6.26. The van der Waals surface area contributed by atoms with Crippen LogP contribution in [0.2, 0.25) is 0 Å². The van der Waals surface area contributed by atoms with E-state index in [9.17, 15) is 0 Å². The molecular weight excluding hydrogens is 785 g/mol. The van der Waals surface area contributed by atoms with Crippen LogP contribution in [0.15, 0.2) is 211 Å². The molecule has 0 aliphatic heterocycles. The summed E-state index contributed by atoms with van der Waals surface area (Å²) in [7, 11) is 0. The van der Waals surface area contributed by atoms with Crippen LogP contribution in [0.4, 0.5) is 0 Å². The maximum absolute atomic E-state index is 6.26. The van der Waals surface area contributed by atoms with Crippen molar-refractivity contribution in [2.24, 2.45) is 0 Å². The third-order valence-electron chi connectivity index (χ3n) is 12.9. The molecule has 0 N–H and O–H groups in total. The first-order valence-electron chi connectivity index (χ1n) is 21.5. The predicted octanol–water partition coefficient (Wildman–Crippen LogP) is 14.4. The summed E-state index contributed by atoms with van der Waals surface area (Å²) in [5.74, 6) is 1.67. The van der Waals surface area contributed by atoms with E-state index in [4.69, 9.17) is 19.4 Å². The quantitative estimate of drug-likeness (QED) is 0.173. The lowest BCUT2D eigenvalue weighted by atomic mass is 10.1. The molecule has 0 radical (unpaired) electrons. The minimum atomic E-state index is 0.522. The first-order valence-corrected chi connectivity index (χ1v) is 21.5. The van der Waals surface area contributed by atoms with Crippen molar-refractivity contribution in [1.82, 2.24) is 28.7 Å². The number of hydrogen-bond acceptors (Lipinski definition) is 4. The number of para-hydroxylation sites is 6. The van der Waals surface area contributed by atoms with Crippen molar-refractivity contribution in [3.63, 3.8) is 0 Å². The van der Waals surface area contributed by atoms with E-state index in [0.29, 0.717) is 17.6 Å². The van der Waals surface area contributed by atoms with E-state index < -0.39 is 0 Å². The van der Waals surface area contributed by atoms with Gasteiger partial charge in [-0.15, -0.1) is 0 Å².